The SMILES string of the molecule is Cc1c(CC(=O)O)cnn1C1CCS(=O)(=O)CC1. The normalized spacial score (nSPS) is 19.8. The van der Waals surface area contributed by atoms with Gasteiger partial charge in [0.25, 0.3) is 0 Å². The lowest BCUT2D eigenvalue weighted by atomic mass is 10.1. The standard InChI is InChI=1S/C11H16N2O4S/c1-8-9(6-11(14)15)7-12-13(8)10-2-4-18(16,17)5-3-10/h7,10H,2-6H2,1H3,(H,14,15). The molecule has 1 N–H and O–H groups in total. The van der Waals surface area contributed by atoms with Crippen molar-refractivity contribution in [2.45, 2.75) is 32.2 Å². The molecule has 0 aliphatic carbocycles. The molecule has 0 bridgehead atoms. The Balaban J connectivity index is 2.15. The Morgan fingerprint density at radius 3 is 2.67 bits per heavy atom. The lowest BCUT2D eigenvalue weighted by Crippen LogP contribution is -2.26. The van der Waals surface area contributed by atoms with E-state index in [1.165, 1.54) is 0 Å². The third kappa shape index (κ3) is 2.72. The first-order chi connectivity index (χ1) is 8.39. The first kappa shape index (κ1) is 13.1. The summed E-state index contributed by atoms with van der Waals surface area (Å²) in [6.07, 6.45) is 2.62. The Morgan fingerprint density at radius 2 is 2.11 bits per heavy atom. The van der Waals surface area contributed by atoms with Crippen molar-refractivity contribution < 1.29 is 18.3 Å². The average Bonchev–Trinajstić information content (AvgIpc) is 2.60. The Labute approximate surface area is 106 Å². The zero-order chi connectivity index (χ0) is 13.3. The van der Waals surface area contributed by atoms with E-state index >= 15 is 0 Å². The van der Waals surface area contributed by atoms with Crippen LogP contribution in [-0.2, 0) is 21.1 Å². The van der Waals surface area contributed by atoms with E-state index in [0.29, 0.717) is 18.4 Å². The van der Waals surface area contributed by atoms with Crippen LogP contribution in [0.25, 0.3) is 0 Å². The fourth-order valence-corrected chi connectivity index (χ4v) is 3.75. The van der Waals surface area contributed by atoms with Crippen LogP contribution in [-0.4, -0.2) is 40.8 Å². The molecule has 0 amide bonds. The number of aliphatic carboxylic acids is 1. The number of carboxylic acids is 1. The summed E-state index contributed by atoms with van der Waals surface area (Å²) in [5, 5.41) is 13.0. The Morgan fingerprint density at radius 1 is 1.50 bits per heavy atom. The molecule has 1 aromatic heterocycles. The maximum absolute atomic E-state index is 11.4. The summed E-state index contributed by atoms with van der Waals surface area (Å²) >= 11 is 0. The summed E-state index contributed by atoms with van der Waals surface area (Å²) < 4.78 is 24.5. The molecule has 0 unspecified atom stereocenters. The number of carbonyl (C=O) groups is 1. The van der Waals surface area contributed by atoms with Gasteiger partial charge >= 0.3 is 5.97 Å². The minimum absolute atomic E-state index is 0.0448. The number of aromatic nitrogens is 2. The second-order valence-electron chi connectivity index (χ2n) is 4.65. The second-order valence-corrected chi connectivity index (χ2v) is 6.96. The summed E-state index contributed by atoms with van der Waals surface area (Å²) in [7, 11) is -2.88. The van der Waals surface area contributed by atoms with Crippen molar-refractivity contribution >= 4 is 15.8 Å². The third-order valence-electron chi connectivity index (χ3n) is 3.36. The summed E-state index contributed by atoms with van der Waals surface area (Å²) in [4.78, 5) is 10.7. The Bertz CT molecular complexity index is 548. The molecule has 0 aromatic carbocycles. The molecule has 0 atom stereocenters. The average molecular weight is 272 g/mol. The number of sulfone groups is 1. The number of rotatable bonds is 3. The second kappa shape index (κ2) is 4.72. The van der Waals surface area contributed by atoms with Crippen LogP contribution in [0, 0.1) is 6.92 Å². The summed E-state index contributed by atoms with van der Waals surface area (Å²) in [5.41, 5.74) is 1.51. The van der Waals surface area contributed by atoms with Crippen LogP contribution < -0.4 is 0 Å². The highest BCUT2D eigenvalue weighted by atomic mass is 32.2. The van der Waals surface area contributed by atoms with Gasteiger partial charge < -0.3 is 5.11 Å². The van der Waals surface area contributed by atoms with E-state index in [-0.39, 0.29) is 24.0 Å². The molecule has 2 heterocycles. The highest BCUT2D eigenvalue weighted by Crippen LogP contribution is 2.25. The van der Waals surface area contributed by atoms with E-state index in [2.05, 4.69) is 5.10 Å². The lowest BCUT2D eigenvalue weighted by molar-refractivity contribution is -0.136. The highest BCUT2D eigenvalue weighted by molar-refractivity contribution is 7.91. The maximum Gasteiger partial charge on any atom is 0.307 e. The molecule has 2 rings (SSSR count). The molecular weight excluding hydrogens is 256 g/mol. The van der Waals surface area contributed by atoms with Crippen molar-refractivity contribution in [1.82, 2.24) is 9.78 Å². The maximum atomic E-state index is 11.4. The van der Waals surface area contributed by atoms with Gasteiger partial charge in [0, 0.05) is 11.3 Å². The zero-order valence-electron chi connectivity index (χ0n) is 10.2. The number of carboxylic acid groups (broad SMARTS) is 1. The Hall–Kier alpha value is -1.37. The van der Waals surface area contributed by atoms with E-state index < -0.39 is 15.8 Å². The van der Waals surface area contributed by atoms with Crippen LogP contribution in [0.5, 0.6) is 0 Å². The van der Waals surface area contributed by atoms with Crippen LogP contribution in [0.4, 0.5) is 0 Å². The fourth-order valence-electron chi connectivity index (χ4n) is 2.29. The predicted octanol–water partition coefficient (Wildman–Crippen LogP) is 0.568. The van der Waals surface area contributed by atoms with E-state index in [9.17, 15) is 13.2 Å². The van der Waals surface area contributed by atoms with Gasteiger partial charge in [-0.3, -0.25) is 9.48 Å². The van der Waals surface area contributed by atoms with Gasteiger partial charge in [0.05, 0.1) is 30.2 Å². The van der Waals surface area contributed by atoms with Crippen molar-refractivity contribution in [1.29, 1.82) is 0 Å². The molecule has 100 valence electrons. The highest BCUT2D eigenvalue weighted by Gasteiger charge is 2.26. The molecule has 0 radical (unpaired) electrons. The Kier molecular flexibility index (Phi) is 3.43. The minimum atomic E-state index is -2.88. The molecule has 1 aliphatic rings. The summed E-state index contributed by atoms with van der Waals surface area (Å²) in [6, 6.07) is 0.0658. The molecule has 7 heteroatoms. The molecule has 1 aromatic rings. The van der Waals surface area contributed by atoms with Crippen LogP contribution in [0.3, 0.4) is 0 Å². The largest absolute Gasteiger partial charge is 0.481 e. The molecule has 0 spiro atoms. The van der Waals surface area contributed by atoms with Crippen molar-refractivity contribution in [3.05, 3.63) is 17.5 Å². The summed E-state index contributed by atoms with van der Waals surface area (Å²) in [5.74, 6) is -0.514. The van der Waals surface area contributed by atoms with Crippen molar-refractivity contribution in [3.8, 4) is 0 Å². The van der Waals surface area contributed by atoms with E-state index in [0.717, 1.165) is 5.69 Å². The van der Waals surface area contributed by atoms with E-state index in [1.54, 1.807) is 10.9 Å². The van der Waals surface area contributed by atoms with Crippen molar-refractivity contribution in [2.24, 2.45) is 0 Å². The summed E-state index contributed by atoms with van der Waals surface area (Å²) in [6.45, 7) is 1.83. The number of hydrogen-bond acceptors (Lipinski definition) is 4. The van der Waals surface area contributed by atoms with E-state index in [4.69, 9.17) is 5.11 Å². The smallest absolute Gasteiger partial charge is 0.307 e. The van der Waals surface area contributed by atoms with Crippen molar-refractivity contribution in [2.75, 3.05) is 11.5 Å². The van der Waals surface area contributed by atoms with Gasteiger partial charge in [-0.2, -0.15) is 5.10 Å². The minimum Gasteiger partial charge on any atom is -0.481 e. The quantitative estimate of drug-likeness (QED) is 0.868. The third-order valence-corrected chi connectivity index (χ3v) is 5.07. The topological polar surface area (TPSA) is 89.3 Å². The number of hydrogen-bond donors (Lipinski definition) is 1. The molecule has 6 nitrogen and oxygen atoms in total. The van der Waals surface area contributed by atoms with Crippen LogP contribution in [0.1, 0.15) is 30.1 Å². The van der Waals surface area contributed by atoms with Gasteiger partial charge in [0.15, 0.2) is 0 Å². The molecule has 1 fully saturated rings. The van der Waals surface area contributed by atoms with E-state index in [1.807, 2.05) is 6.92 Å². The predicted molar refractivity (Wildman–Crippen MR) is 65.2 cm³/mol. The molecule has 1 aliphatic heterocycles. The number of nitrogens with zero attached hydrogens (tertiary/aromatic N) is 2. The molecule has 0 saturated carbocycles. The van der Waals surface area contributed by atoms with Gasteiger partial charge in [0.1, 0.15) is 9.84 Å². The molecule has 1 saturated heterocycles. The van der Waals surface area contributed by atoms with Gasteiger partial charge in [-0.25, -0.2) is 8.42 Å². The van der Waals surface area contributed by atoms with Gasteiger partial charge in [-0.05, 0) is 19.8 Å². The first-order valence-corrected chi connectivity index (χ1v) is 7.66. The van der Waals surface area contributed by atoms with Crippen molar-refractivity contribution in [3.63, 3.8) is 0 Å². The first-order valence-electron chi connectivity index (χ1n) is 5.84. The van der Waals surface area contributed by atoms with Crippen LogP contribution in [0.2, 0.25) is 0 Å². The molecule has 18 heavy (non-hydrogen) atoms. The van der Waals surface area contributed by atoms with Gasteiger partial charge in [-0.15, -0.1) is 0 Å². The van der Waals surface area contributed by atoms with Gasteiger partial charge in [0.2, 0.25) is 0 Å². The van der Waals surface area contributed by atoms with Gasteiger partial charge in [-0.1, -0.05) is 0 Å². The lowest BCUT2D eigenvalue weighted by Gasteiger charge is -2.23. The zero-order valence-corrected chi connectivity index (χ0v) is 11.0. The fraction of sp³-hybridized carbons (Fsp3) is 0.636. The molecular formula is C11H16N2O4S. The van der Waals surface area contributed by atoms with Crippen LogP contribution in [0.15, 0.2) is 6.20 Å². The van der Waals surface area contributed by atoms with Crippen LogP contribution >= 0.6 is 0 Å². The monoisotopic (exact) mass is 272 g/mol.